The van der Waals surface area contributed by atoms with Gasteiger partial charge in [-0.25, -0.2) is 14.2 Å². The summed E-state index contributed by atoms with van der Waals surface area (Å²) >= 11 is 1.12. The molecule has 1 aromatic heterocycles. The van der Waals surface area contributed by atoms with Gasteiger partial charge in [0.1, 0.15) is 15.7 Å². The van der Waals surface area contributed by atoms with Crippen molar-refractivity contribution in [1.82, 2.24) is 9.88 Å². The van der Waals surface area contributed by atoms with Gasteiger partial charge in [0, 0.05) is 24.6 Å². The van der Waals surface area contributed by atoms with E-state index in [0.29, 0.717) is 46.2 Å². The zero-order chi connectivity index (χ0) is 24.6. The summed E-state index contributed by atoms with van der Waals surface area (Å²) < 4.78 is 52.3. The number of piperidine rings is 1. The predicted octanol–water partition coefficient (Wildman–Crippen LogP) is 5.99. The molecule has 1 aliphatic heterocycles. The number of hydrogen-bond acceptors (Lipinski definition) is 4. The molecule has 1 aliphatic rings. The van der Waals surface area contributed by atoms with Crippen LogP contribution in [0.5, 0.6) is 0 Å². The van der Waals surface area contributed by atoms with Crippen LogP contribution in [0.15, 0.2) is 42.5 Å². The molecule has 2 aromatic carbocycles. The van der Waals surface area contributed by atoms with Gasteiger partial charge in [-0.1, -0.05) is 18.2 Å². The van der Waals surface area contributed by atoms with Gasteiger partial charge in [-0.3, -0.25) is 4.79 Å². The van der Waals surface area contributed by atoms with Crippen LogP contribution in [0.4, 0.5) is 17.6 Å². The maximum Gasteiger partial charge on any atom is 0.416 e. The number of aromatic nitrogens is 1. The maximum absolute atomic E-state index is 13.8. The lowest BCUT2D eigenvalue weighted by Gasteiger charge is -2.33. The zero-order valence-electron chi connectivity index (χ0n) is 18.0. The Morgan fingerprint density at radius 2 is 1.85 bits per heavy atom. The Morgan fingerprint density at radius 1 is 1.15 bits per heavy atom. The van der Waals surface area contributed by atoms with Gasteiger partial charge in [-0.05, 0) is 49.6 Å². The highest BCUT2D eigenvalue weighted by molar-refractivity contribution is 7.17. The molecule has 4 rings (SSSR count). The summed E-state index contributed by atoms with van der Waals surface area (Å²) in [6, 6.07) is 8.62. The molecule has 10 heteroatoms. The van der Waals surface area contributed by atoms with Crippen LogP contribution in [0, 0.1) is 12.7 Å². The lowest BCUT2D eigenvalue weighted by Crippen LogP contribution is -2.39. The minimum absolute atomic E-state index is 0.140. The SMILES string of the molecule is Cc1nc(-c2ccc(C(F)(F)F)cc2)sc1C(=O)N1CCC[C@@H](c2ccc(F)c(C(=O)O)c2)C1. The molecular formula is C24H20F4N2O3S. The average molecular weight is 492 g/mol. The Balaban J connectivity index is 1.54. The van der Waals surface area contributed by atoms with E-state index in [1.807, 2.05) is 0 Å². The topological polar surface area (TPSA) is 70.5 Å². The van der Waals surface area contributed by atoms with Crippen LogP contribution < -0.4 is 0 Å². The van der Waals surface area contributed by atoms with Crippen LogP contribution in [0.2, 0.25) is 0 Å². The van der Waals surface area contributed by atoms with Crippen LogP contribution in [0.1, 0.15) is 55.6 Å². The maximum atomic E-state index is 13.8. The van der Waals surface area contributed by atoms with Crippen molar-refractivity contribution >= 4 is 23.2 Å². The summed E-state index contributed by atoms with van der Waals surface area (Å²) in [4.78, 5) is 31.0. The molecule has 0 bridgehead atoms. The van der Waals surface area contributed by atoms with E-state index in [0.717, 1.165) is 36.0 Å². The first-order valence-corrected chi connectivity index (χ1v) is 11.3. The Morgan fingerprint density at radius 3 is 2.50 bits per heavy atom. The molecule has 1 fully saturated rings. The highest BCUT2D eigenvalue weighted by Gasteiger charge is 2.31. The number of halogens is 4. The van der Waals surface area contributed by atoms with Crippen molar-refractivity contribution in [2.75, 3.05) is 13.1 Å². The minimum atomic E-state index is -4.43. The Hall–Kier alpha value is -3.27. The lowest BCUT2D eigenvalue weighted by molar-refractivity contribution is -0.137. The van der Waals surface area contributed by atoms with Gasteiger partial charge < -0.3 is 10.0 Å². The first-order valence-electron chi connectivity index (χ1n) is 10.5. The number of nitrogens with zero attached hydrogens (tertiary/aromatic N) is 2. The van der Waals surface area contributed by atoms with Gasteiger partial charge in [0.25, 0.3) is 5.91 Å². The fourth-order valence-corrected chi connectivity index (χ4v) is 5.10. The molecule has 0 aliphatic carbocycles. The number of carbonyl (C=O) groups excluding carboxylic acids is 1. The second-order valence-electron chi connectivity index (χ2n) is 8.14. The number of amides is 1. The standard InChI is InChI=1S/C24H20F4N2O3S/c1-13-20(34-21(29-13)14-4-7-17(8-5-14)24(26,27)28)22(31)30-10-2-3-16(12-30)15-6-9-19(25)18(11-15)23(32)33/h4-9,11,16H,2-3,10,12H2,1H3,(H,32,33)/t16-/m1/s1. The van der Waals surface area contributed by atoms with E-state index in [9.17, 15) is 32.3 Å². The Bertz CT molecular complexity index is 1240. The van der Waals surface area contributed by atoms with Crippen molar-refractivity contribution in [3.05, 3.63) is 75.5 Å². The second-order valence-corrected chi connectivity index (χ2v) is 9.14. The third-order valence-corrected chi connectivity index (χ3v) is 7.05. The number of hydrogen-bond donors (Lipinski definition) is 1. The number of carbonyl (C=O) groups is 2. The number of rotatable bonds is 4. The smallest absolute Gasteiger partial charge is 0.416 e. The number of benzene rings is 2. The molecule has 2 heterocycles. The van der Waals surface area contributed by atoms with Gasteiger partial charge in [0.2, 0.25) is 0 Å². The fraction of sp³-hybridized carbons (Fsp3) is 0.292. The number of likely N-dealkylation sites (tertiary alicyclic amines) is 1. The van der Waals surface area contributed by atoms with Gasteiger partial charge in [0.15, 0.2) is 0 Å². The second kappa shape index (κ2) is 9.17. The number of carboxylic acid groups (broad SMARTS) is 1. The van der Waals surface area contributed by atoms with Crippen molar-refractivity contribution in [1.29, 1.82) is 0 Å². The molecule has 0 saturated carbocycles. The number of aryl methyl sites for hydroxylation is 1. The fourth-order valence-electron chi connectivity index (χ4n) is 4.06. The van der Waals surface area contributed by atoms with E-state index in [2.05, 4.69) is 4.98 Å². The summed E-state index contributed by atoms with van der Waals surface area (Å²) in [6.07, 6.45) is -3.01. The predicted molar refractivity (Wildman–Crippen MR) is 119 cm³/mol. The molecule has 0 unspecified atom stereocenters. The Labute approximate surface area is 196 Å². The van der Waals surface area contributed by atoms with Crippen molar-refractivity contribution in [2.45, 2.75) is 31.9 Å². The average Bonchev–Trinajstić information content (AvgIpc) is 3.20. The molecule has 1 amide bonds. The number of alkyl halides is 3. The molecular weight excluding hydrogens is 472 g/mol. The van der Waals surface area contributed by atoms with E-state index < -0.39 is 29.1 Å². The molecule has 0 spiro atoms. The summed E-state index contributed by atoms with van der Waals surface area (Å²) in [5, 5.41) is 9.64. The highest BCUT2D eigenvalue weighted by atomic mass is 32.1. The third-order valence-electron chi connectivity index (χ3n) is 5.85. The quantitative estimate of drug-likeness (QED) is 0.454. The summed E-state index contributed by atoms with van der Waals surface area (Å²) in [6.45, 7) is 2.53. The van der Waals surface area contributed by atoms with Crippen LogP contribution in [0.25, 0.3) is 10.6 Å². The minimum Gasteiger partial charge on any atom is -0.478 e. The third kappa shape index (κ3) is 4.82. The van der Waals surface area contributed by atoms with Crippen molar-refractivity contribution < 1.29 is 32.3 Å². The zero-order valence-corrected chi connectivity index (χ0v) is 18.8. The normalized spacial score (nSPS) is 16.5. The van der Waals surface area contributed by atoms with E-state index in [-0.39, 0.29) is 11.8 Å². The molecule has 5 nitrogen and oxygen atoms in total. The summed E-state index contributed by atoms with van der Waals surface area (Å²) in [7, 11) is 0. The van der Waals surface area contributed by atoms with E-state index in [1.165, 1.54) is 18.2 Å². The molecule has 3 aromatic rings. The lowest BCUT2D eigenvalue weighted by atomic mass is 9.89. The van der Waals surface area contributed by atoms with Crippen LogP contribution in [-0.4, -0.2) is 40.0 Å². The molecule has 1 atom stereocenters. The van der Waals surface area contributed by atoms with Crippen molar-refractivity contribution in [2.24, 2.45) is 0 Å². The first-order chi connectivity index (χ1) is 16.0. The van der Waals surface area contributed by atoms with E-state index in [4.69, 9.17) is 0 Å². The van der Waals surface area contributed by atoms with Crippen LogP contribution in [0.3, 0.4) is 0 Å². The van der Waals surface area contributed by atoms with Gasteiger partial charge in [-0.15, -0.1) is 11.3 Å². The summed E-state index contributed by atoms with van der Waals surface area (Å²) in [5.74, 6) is -2.53. The molecule has 1 saturated heterocycles. The number of carboxylic acids is 1. The number of aromatic carboxylic acids is 1. The number of thiazole rings is 1. The van der Waals surface area contributed by atoms with E-state index in [1.54, 1.807) is 17.9 Å². The largest absolute Gasteiger partial charge is 0.478 e. The van der Waals surface area contributed by atoms with Gasteiger partial charge in [-0.2, -0.15) is 13.2 Å². The summed E-state index contributed by atoms with van der Waals surface area (Å²) in [5.41, 5.74) is 0.474. The molecule has 1 N–H and O–H groups in total. The van der Waals surface area contributed by atoms with Crippen molar-refractivity contribution in [3.63, 3.8) is 0 Å². The van der Waals surface area contributed by atoms with Crippen LogP contribution >= 0.6 is 11.3 Å². The van der Waals surface area contributed by atoms with Crippen molar-refractivity contribution in [3.8, 4) is 10.6 Å². The van der Waals surface area contributed by atoms with E-state index >= 15 is 0 Å². The Kier molecular flexibility index (Phi) is 6.44. The van der Waals surface area contributed by atoms with Crippen LogP contribution in [-0.2, 0) is 6.18 Å². The van der Waals surface area contributed by atoms with Gasteiger partial charge >= 0.3 is 12.1 Å². The highest BCUT2D eigenvalue weighted by Crippen LogP contribution is 2.34. The monoisotopic (exact) mass is 492 g/mol. The first kappa shape index (κ1) is 23.9. The molecule has 178 valence electrons. The molecule has 34 heavy (non-hydrogen) atoms. The molecule has 0 radical (unpaired) electrons. The van der Waals surface area contributed by atoms with Gasteiger partial charge in [0.05, 0.1) is 16.8 Å².